The van der Waals surface area contributed by atoms with Crippen molar-refractivity contribution in [1.82, 2.24) is 25.4 Å². The van der Waals surface area contributed by atoms with Crippen molar-refractivity contribution in [3.05, 3.63) is 72.7 Å². The topological polar surface area (TPSA) is 67.1 Å². The lowest BCUT2D eigenvalue weighted by molar-refractivity contribution is 0.768. The SMILES string of the molecule is CCNC(=NCc1ccnc(-n2cccn2)c1)NCC1(Sc2ccccc2)CC1. The summed E-state index contributed by atoms with van der Waals surface area (Å²) in [7, 11) is 0. The minimum absolute atomic E-state index is 0.279. The van der Waals surface area contributed by atoms with Crippen molar-refractivity contribution in [2.24, 2.45) is 4.99 Å². The highest BCUT2D eigenvalue weighted by atomic mass is 32.2. The molecule has 0 unspecified atom stereocenters. The van der Waals surface area contributed by atoms with Gasteiger partial charge in [-0.15, -0.1) is 11.8 Å². The normalized spacial score (nSPS) is 15.1. The summed E-state index contributed by atoms with van der Waals surface area (Å²) in [5.74, 6) is 1.65. The van der Waals surface area contributed by atoms with Crippen molar-refractivity contribution in [2.45, 2.75) is 36.0 Å². The van der Waals surface area contributed by atoms with Crippen LogP contribution in [-0.2, 0) is 6.54 Å². The lowest BCUT2D eigenvalue weighted by Crippen LogP contribution is -2.41. The van der Waals surface area contributed by atoms with Gasteiger partial charge in [0, 0.05) is 41.3 Å². The zero-order valence-corrected chi connectivity index (χ0v) is 17.4. The first-order valence-corrected chi connectivity index (χ1v) is 10.8. The Balaban J connectivity index is 1.38. The number of aliphatic imine (C=N–C) groups is 1. The second-order valence-corrected chi connectivity index (χ2v) is 8.66. The number of nitrogens with zero attached hydrogens (tertiary/aromatic N) is 4. The van der Waals surface area contributed by atoms with Crippen LogP contribution in [-0.4, -0.2) is 38.6 Å². The summed E-state index contributed by atoms with van der Waals surface area (Å²) in [6.45, 7) is 4.42. The molecule has 3 aromatic rings. The molecule has 0 saturated heterocycles. The van der Waals surface area contributed by atoms with Gasteiger partial charge in [-0.3, -0.25) is 0 Å². The van der Waals surface area contributed by atoms with E-state index in [9.17, 15) is 0 Å². The van der Waals surface area contributed by atoms with Crippen LogP contribution in [0.15, 0.2) is 77.0 Å². The number of hydrogen-bond donors (Lipinski definition) is 2. The molecule has 2 N–H and O–H groups in total. The van der Waals surface area contributed by atoms with Crippen LogP contribution in [0.5, 0.6) is 0 Å². The van der Waals surface area contributed by atoms with Crippen LogP contribution in [0, 0.1) is 0 Å². The van der Waals surface area contributed by atoms with Crippen LogP contribution in [0.2, 0.25) is 0 Å². The Morgan fingerprint density at radius 2 is 2.00 bits per heavy atom. The van der Waals surface area contributed by atoms with Crippen molar-refractivity contribution in [3.63, 3.8) is 0 Å². The number of pyridine rings is 1. The lowest BCUT2D eigenvalue weighted by atomic mass is 10.2. The average Bonchev–Trinajstić information content (AvgIpc) is 3.29. The summed E-state index contributed by atoms with van der Waals surface area (Å²) in [5, 5.41) is 11.1. The van der Waals surface area contributed by atoms with Crippen LogP contribution in [0.1, 0.15) is 25.3 Å². The van der Waals surface area contributed by atoms with E-state index in [1.54, 1.807) is 17.1 Å². The Hall–Kier alpha value is -2.80. The third kappa shape index (κ3) is 5.38. The number of rotatable bonds is 8. The van der Waals surface area contributed by atoms with E-state index in [0.29, 0.717) is 6.54 Å². The van der Waals surface area contributed by atoms with Gasteiger partial charge >= 0.3 is 0 Å². The average molecular weight is 407 g/mol. The summed E-state index contributed by atoms with van der Waals surface area (Å²) in [6, 6.07) is 16.5. The second-order valence-electron chi connectivity index (χ2n) is 7.12. The molecule has 150 valence electrons. The molecule has 1 aromatic carbocycles. The van der Waals surface area contributed by atoms with Gasteiger partial charge in [0.25, 0.3) is 0 Å². The van der Waals surface area contributed by atoms with E-state index in [-0.39, 0.29) is 4.75 Å². The van der Waals surface area contributed by atoms with Gasteiger partial charge in [-0.1, -0.05) is 18.2 Å². The predicted octanol–water partition coefficient (Wildman–Crippen LogP) is 3.65. The molecular weight excluding hydrogens is 380 g/mol. The summed E-state index contributed by atoms with van der Waals surface area (Å²) >= 11 is 1.97. The number of thioether (sulfide) groups is 1. The highest BCUT2D eigenvalue weighted by Gasteiger charge is 2.43. The van der Waals surface area contributed by atoms with Gasteiger partial charge in [0.05, 0.1) is 6.54 Å². The first-order chi connectivity index (χ1) is 14.3. The third-order valence-electron chi connectivity index (χ3n) is 4.78. The van der Waals surface area contributed by atoms with Crippen molar-refractivity contribution < 1.29 is 0 Å². The molecule has 6 nitrogen and oxygen atoms in total. The fourth-order valence-electron chi connectivity index (χ4n) is 3.04. The van der Waals surface area contributed by atoms with E-state index >= 15 is 0 Å². The molecule has 0 radical (unpaired) electrons. The molecule has 0 aliphatic heterocycles. The molecule has 0 bridgehead atoms. The number of benzene rings is 1. The lowest BCUT2D eigenvalue weighted by Gasteiger charge is -2.18. The molecule has 1 fully saturated rings. The quantitative estimate of drug-likeness (QED) is 0.442. The smallest absolute Gasteiger partial charge is 0.191 e. The van der Waals surface area contributed by atoms with Gasteiger partial charge in [0.1, 0.15) is 0 Å². The van der Waals surface area contributed by atoms with Crippen LogP contribution in [0.4, 0.5) is 0 Å². The maximum atomic E-state index is 4.77. The molecule has 4 rings (SSSR count). The van der Waals surface area contributed by atoms with Gasteiger partial charge in [-0.25, -0.2) is 14.7 Å². The molecule has 1 aliphatic rings. The first-order valence-electron chi connectivity index (χ1n) is 9.98. The molecule has 0 spiro atoms. The van der Waals surface area contributed by atoms with E-state index in [4.69, 9.17) is 4.99 Å². The van der Waals surface area contributed by atoms with Gasteiger partial charge in [0.2, 0.25) is 0 Å². The molecular formula is C22H26N6S. The van der Waals surface area contributed by atoms with Gasteiger partial charge in [-0.05, 0) is 55.7 Å². The van der Waals surface area contributed by atoms with Gasteiger partial charge < -0.3 is 10.6 Å². The molecule has 1 aliphatic carbocycles. The molecule has 0 atom stereocenters. The van der Waals surface area contributed by atoms with Crippen LogP contribution in [0.3, 0.4) is 0 Å². The molecule has 29 heavy (non-hydrogen) atoms. The maximum absolute atomic E-state index is 4.77. The minimum Gasteiger partial charge on any atom is -0.357 e. The Morgan fingerprint density at radius 3 is 2.72 bits per heavy atom. The third-order valence-corrected chi connectivity index (χ3v) is 6.27. The predicted molar refractivity (Wildman–Crippen MR) is 118 cm³/mol. The molecule has 7 heteroatoms. The van der Waals surface area contributed by atoms with Crippen LogP contribution < -0.4 is 10.6 Å². The van der Waals surface area contributed by atoms with E-state index in [1.165, 1.54) is 17.7 Å². The zero-order chi connectivity index (χ0) is 19.9. The number of nitrogens with one attached hydrogen (secondary N) is 2. The van der Waals surface area contributed by atoms with E-state index in [1.807, 2.05) is 36.2 Å². The molecule has 2 aromatic heterocycles. The Kier molecular flexibility index (Phi) is 6.14. The van der Waals surface area contributed by atoms with Gasteiger partial charge in [0.15, 0.2) is 11.8 Å². The number of hydrogen-bond acceptors (Lipinski definition) is 4. The fraction of sp³-hybridized carbons (Fsp3) is 0.318. The van der Waals surface area contributed by atoms with Crippen molar-refractivity contribution in [2.75, 3.05) is 13.1 Å². The largest absolute Gasteiger partial charge is 0.357 e. The maximum Gasteiger partial charge on any atom is 0.191 e. The molecule has 0 amide bonds. The Bertz CT molecular complexity index is 935. The van der Waals surface area contributed by atoms with Gasteiger partial charge in [-0.2, -0.15) is 5.10 Å². The summed E-state index contributed by atoms with van der Waals surface area (Å²) in [6.07, 6.45) is 7.91. The van der Waals surface area contributed by atoms with Crippen molar-refractivity contribution in [3.8, 4) is 5.82 Å². The highest BCUT2D eigenvalue weighted by Crippen LogP contribution is 2.51. The first kappa shape index (κ1) is 19.5. The standard InChI is InChI=1S/C22H26N6S/c1-2-23-21(26-17-22(10-11-22)29-19-7-4-3-5-8-19)25-16-18-9-13-24-20(15-18)28-14-6-12-27-28/h3-9,12-15H,2,10-11,16-17H2,1H3,(H2,23,25,26). The minimum atomic E-state index is 0.279. The number of guanidine groups is 1. The molecule has 2 heterocycles. The van der Waals surface area contributed by atoms with E-state index < -0.39 is 0 Å². The van der Waals surface area contributed by atoms with E-state index in [0.717, 1.165) is 30.4 Å². The Labute approximate surface area is 175 Å². The monoisotopic (exact) mass is 406 g/mol. The molecule has 1 saturated carbocycles. The zero-order valence-electron chi connectivity index (χ0n) is 16.6. The van der Waals surface area contributed by atoms with E-state index in [2.05, 4.69) is 58.0 Å². The van der Waals surface area contributed by atoms with Crippen molar-refractivity contribution in [1.29, 1.82) is 0 Å². The summed E-state index contributed by atoms with van der Waals surface area (Å²) in [4.78, 5) is 10.5. The fourth-order valence-corrected chi connectivity index (χ4v) is 4.28. The van der Waals surface area contributed by atoms with Crippen molar-refractivity contribution >= 4 is 17.7 Å². The highest BCUT2D eigenvalue weighted by molar-refractivity contribution is 8.01. The summed E-state index contributed by atoms with van der Waals surface area (Å²) in [5.41, 5.74) is 1.10. The number of aromatic nitrogens is 3. The Morgan fingerprint density at radius 1 is 1.14 bits per heavy atom. The summed E-state index contributed by atoms with van der Waals surface area (Å²) < 4.78 is 2.04. The second kappa shape index (κ2) is 9.13. The van der Waals surface area contributed by atoms with Crippen LogP contribution >= 0.6 is 11.8 Å². The van der Waals surface area contributed by atoms with Crippen LogP contribution in [0.25, 0.3) is 5.82 Å².